The first-order valence-corrected chi connectivity index (χ1v) is 11.4. The van der Waals surface area contributed by atoms with E-state index in [1.807, 2.05) is 12.1 Å². The first kappa shape index (κ1) is 23.4. The van der Waals surface area contributed by atoms with Gasteiger partial charge in [0.2, 0.25) is 5.78 Å². The Labute approximate surface area is 211 Å². The molecule has 0 saturated heterocycles. The Balaban J connectivity index is 1.57. The molecular weight excluding hydrogens is 484 g/mol. The van der Waals surface area contributed by atoms with Crippen molar-refractivity contribution in [1.82, 2.24) is 9.88 Å². The molecule has 0 bridgehead atoms. The molecule has 8 nitrogen and oxygen atoms in total. The van der Waals surface area contributed by atoms with Crippen molar-refractivity contribution in [2.45, 2.75) is 12.6 Å². The molecule has 1 aliphatic heterocycles. The molecule has 36 heavy (non-hydrogen) atoms. The van der Waals surface area contributed by atoms with Crippen LogP contribution in [0, 0.1) is 0 Å². The Morgan fingerprint density at radius 1 is 1.14 bits per heavy atom. The van der Waals surface area contributed by atoms with E-state index in [-0.39, 0.29) is 17.9 Å². The van der Waals surface area contributed by atoms with Crippen LogP contribution in [-0.2, 0) is 11.3 Å². The molecule has 0 spiro atoms. The number of hydrogen-bond donors (Lipinski definition) is 1. The Morgan fingerprint density at radius 3 is 2.58 bits per heavy atom. The molecule has 9 heteroatoms. The number of methoxy groups -OCH3 is 2. The summed E-state index contributed by atoms with van der Waals surface area (Å²) in [6, 6.07) is 14.5. The molecule has 0 saturated carbocycles. The van der Waals surface area contributed by atoms with Crippen LogP contribution < -0.4 is 9.47 Å². The van der Waals surface area contributed by atoms with E-state index < -0.39 is 23.5 Å². The number of amides is 1. The van der Waals surface area contributed by atoms with Gasteiger partial charge in [-0.1, -0.05) is 29.8 Å². The number of carbonyl (C=O) groups is 2. The first-order valence-electron chi connectivity index (χ1n) is 11.0. The van der Waals surface area contributed by atoms with Gasteiger partial charge in [0.25, 0.3) is 5.91 Å². The van der Waals surface area contributed by atoms with E-state index in [2.05, 4.69) is 4.98 Å². The van der Waals surface area contributed by atoms with Crippen molar-refractivity contribution in [2.75, 3.05) is 14.2 Å². The van der Waals surface area contributed by atoms with Crippen LogP contribution >= 0.6 is 11.6 Å². The molecule has 2 aromatic heterocycles. The Morgan fingerprint density at radius 2 is 1.92 bits per heavy atom. The molecule has 1 amide bonds. The average Bonchev–Trinajstić information content (AvgIpc) is 3.43. The topological polar surface area (TPSA) is 102 Å². The highest BCUT2D eigenvalue weighted by atomic mass is 35.5. The minimum Gasteiger partial charge on any atom is -0.503 e. The maximum absolute atomic E-state index is 13.7. The molecule has 3 heterocycles. The van der Waals surface area contributed by atoms with Crippen molar-refractivity contribution >= 4 is 34.3 Å². The summed E-state index contributed by atoms with van der Waals surface area (Å²) in [5.74, 6) is -0.941. The van der Waals surface area contributed by atoms with Crippen LogP contribution in [0.1, 0.15) is 27.7 Å². The second-order valence-corrected chi connectivity index (χ2v) is 8.63. The zero-order chi connectivity index (χ0) is 25.4. The number of halogens is 1. The number of hydrogen-bond acceptors (Lipinski definition) is 7. The molecule has 1 N–H and O–H groups in total. The number of aliphatic hydroxyl groups is 1. The van der Waals surface area contributed by atoms with Crippen molar-refractivity contribution in [3.8, 4) is 11.5 Å². The monoisotopic (exact) mass is 504 g/mol. The molecule has 182 valence electrons. The van der Waals surface area contributed by atoms with Gasteiger partial charge >= 0.3 is 0 Å². The lowest BCUT2D eigenvalue weighted by molar-refractivity contribution is -0.130. The van der Waals surface area contributed by atoms with Gasteiger partial charge in [0, 0.05) is 35.4 Å². The van der Waals surface area contributed by atoms with Crippen LogP contribution in [0.25, 0.3) is 11.0 Å². The summed E-state index contributed by atoms with van der Waals surface area (Å²) in [6.07, 6.45) is 3.15. The third kappa shape index (κ3) is 4.05. The lowest BCUT2D eigenvalue weighted by Crippen LogP contribution is -2.30. The number of ether oxygens (including phenoxy) is 2. The molecule has 0 aliphatic carbocycles. The van der Waals surface area contributed by atoms with Gasteiger partial charge in [-0.3, -0.25) is 14.6 Å². The zero-order valence-corrected chi connectivity index (χ0v) is 20.2. The summed E-state index contributed by atoms with van der Waals surface area (Å²) < 4.78 is 16.4. The molecule has 1 atom stereocenters. The zero-order valence-electron chi connectivity index (χ0n) is 19.4. The lowest BCUT2D eigenvalue weighted by Gasteiger charge is -2.26. The second kappa shape index (κ2) is 9.39. The fourth-order valence-electron chi connectivity index (χ4n) is 4.34. The van der Waals surface area contributed by atoms with Gasteiger partial charge in [-0.2, -0.15) is 0 Å². The quantitative estimate of drug-likeness (QED) is 0.342. The Bertz CT molecular complexity index is 1490. The number of aromatic nitrogens is 1. The maximum Gasteiger partial charge on any atom is 0.290 e. The van der Waals surface area contributed by atoms with Crippen molar-refractivity contribution in [1.29, 1.82) is 0 Å². The number of furan rings is 1. The Hall–Kier alpha value is -4.30. The van der Waals surface area contributed by atoms with Gasteiger partial charge in [0.15, 0.2) is 22.9 Å². The summed E-state index contributed by atoms with van der Waals surface area (Å²) in [7, 11) is 3.04. The van der Waals surface area contributed by atoms with Gasteiger partial charge in [0.05, 0.1) is 25.8 Å². The summed E-state index contributed by atoms with van der Waals surface area (Å²) >= 11 is 6.16. The van der Waals surface area contributed by atoms with Crippen molar-refractivity contribution in [2.24, 2.45) is 0 Å². The molecule has 5 rings (SSSR count). The third-order valence-corrected chi connectivity index (χ3v) is 6.27. The average molecular weight is 505 g/mol. The summed E-state index contributed by atoms with van der Waals surface area (Å²) in [6.45, 7) is 0.146. The largest absolute Gasteiger partial charge is 0.503 e. The van der Waals surface area contributed by atoms with E-state index in [0.29, 0.717) is 33.1 Å². The number of benzene rings is 2. The molecular formula is C27H21ClN2O6. The highest BCUT2D eigenvalue weighted by Crippen LogP contribution is 2.41. The number of aliphatic hydroxyl groups excluding tert-OH is 1. The van der Waals surface area contributed by atoms with Crippen molar-refractivity contribution in [3.63, 3.8) is 0 Å². The predicted octanol–water partition coefficient (Wildman–Crippen LogP) is 5.28. The first-order chi connectivity index (χ1) is 17.4. The smallest absolute Gasteiger partial charge is 0.290 e. The highest BCUT2D eigenvalue weighted by molar-refractivity contribution is 6.31. The van der Waals surface area contributed by atoms with E-state index in [4.69, 9.17) is 25.5 Å². The van der Waals surface area contributed by atoms with E-state index in [0.717, 1.165) is 5.56 Å². The summed E-state index contributed by atoms with van der Waals surface area (Å²) in [4.78, 5) is 32.5. The van der Waals surface area contributed by atoms with Gasteiger partial charge < -0.3 is 23.9 Å². The van der Waals surface area contributed by atoms with Crippen molar-refractivity contribution in [3.05, 3.63) is 100 Å². The maximum atomic E-state index is 13.7. The van der Waals surface area contributed by atoms with Crippen LogP contribution in [0.4, 0.5) is 0 Å². The molecule has 1 aliphatic rings. The van der Waals surface area contributed by atoms with Crippen molar-refractivity contribution < 1.29 is 28.6 Å². The highest BCUT2D eigenvalue weighted by Gasteiger charge is 2.44. The number of carbonyl (C=O) groups excluding carboxylic acids is 2. The second-order valence-electron chi connectivity index (χ2n) is 8.20. The minimum atomic E-state index is -0.875. The number of pyridine rings is 1. The molecule has 1 unspecified atom stereocenters. The SMILES string of the molecule is COc1ccc(CN2C(=O)C(O)=C(C(=O)c3cc4cc(Cl)cc(OC)c4o3)C2c2cccnc2)cc1. The standard InChI is InChI=1S/C27H21ClN2O6/c1-34-19-7-5-15(6-8-19)14-30-23(16-4-3-9-29-13-16)22(25(32)27(30)33)24(31)20-11-17-10-18(28)12-21(35-2)26(17)36-20/h3-13,23,32H,14H2,1-2H3. The van der Waals surface area contributed by atoms with E-state index in [1.165, 1.54) is 18.1 Å². The van der Waals surface area contributed by atoms with E-state index in [1.54, 1.807) is 55.9 Å². The number of Topliss-reactive ketones (excluding diaryl/α,β-unsaturated/α-hetero) is 1. The summed E-state index contributed by atoms with van der Waals surface area (Å²) in [5.41, 5.74) is 1.61. The van der Waals surface area contributed by atoms with Gasteiger partial charge in [-0.05, 0) is 41.5 Å². The van der Waals surface area contributed by atoms with Crippen LogP contribution in [-0.4, -0.2) is 40.9 Å². The van der Waals surface area contributed by atoms with E-state index >= 15 is 0 Å². The molecule has 0 fully saturated rings. The fraction of sp³-hybridized carbons (Fsp3) is 0.148. The number of fused-ring (bicyclic) bond motifs is 1. The molecule has 2 aromatic carbocycles. The number of rotatable bonds is 7. The molecule has 4 aromatic rings. The normalized spacial score (nSPS) is 15.6. The van der Waals surface area contributed by atoms with Gasteiger partial charge in [0.1, 0.15) is 5.75 Å². The fourth-order valence-corrected chi connectivity index (χ4v) is 4.56. The Kier molecular flexibility index (Phi) is 6.12. The van der Waals surface area contributed by atoms with Gasteiger partial charge in [-0.25, -0.2) is 0 Å². The van der Waals surface area contributed by atoms with Crippen LogP contribution in [0.2, 0.25) is 5.02 Å². The third-order valence-electron chi connectivity index (χ3n) is 6.05. The minimum absolute atomic E-state index is 0.0555. The summed E-state index contributed by atoms with van der Waals surface area (Å²) in [5, 5.41) is 11.9. The molecule has 0 radical (unpaired) electrons. The van der Waals surface area contributed by atoms with Crippen LogP contribution in [0.3, 0.4) is 0 Å². The van der Waals surface area contributed by atoms with E-state index in [9.17, 15) is 14.7 Å². The number of ketones is 1. The van der Waals surface area contributed by atoms with Crippen LogP contribution in [0.5, 0.6) is 11.5 Å². The number of nitrogens with zero attached hydrogens (tertiary/aromatic N) is 2. The predicted molar refractivity (Wildman–Crippen MR) is 132 cm³/mol. The van der Waals surface area contributed by atoms with Gasteiger partial charge in [-0.15, -0.1) is 0 Å². The van der Waals surface area contributed by atoms with Crippen LogP contribution in [0.15, 0.2) is 82.7 Å². The lowest BCUT2D eigenvalue weighted by atomic mass is 9.96.